The summed E-state index contributed by atoms with van der Waals surface area (Å²) in [5, 5.41) is 0.584. The lowest BCUT2D eigenvalue weighted by Gasteiger charge is -2.37. The largest absolute Gasteiger partial charge is 0.497 e. The zero-order valence-corrected chi connectivity index (χ0v) is 29.1. The fraction of sp³-hybridized carbons (Fsp3) is 0.474. The molecule has 2 aromatic carbocycles. The molecule has 3 aliphatic carbocycles. The molecule has 1 N–H and O–H groups in total. The van der Waals surface area contributed by atoms with Crippen molar-refractivity contribution in [3.8, 4) is 17.0 Å². The fourth-order valence-corrected chi connectivity index (χ4v) is 10.3. The molecule has 4 heterocycles. The third-order valence-corrected chi connectivity index (χ3v) is 13.7. The minimum absolute atomic E-state index is 0.0300. The lowest BCUT2D eigenvalue weighted by Crippen LogP contribution is -2.51. The molecule has 2 aromatic heterocycles. The van der Waals surface area contributed by atoms with Gasteiger partial charge in [-0.1, -0.05) is 25.3 Å². The van der Waals surface area contributed by atoms with E-state index in [2.05, 4.69) is 36.3 Å². The molecule has 2 aliphatic heterocycles. The number of hydrogen-bond donors (Lipinski definition) is 1. The number of methoxy groups -OCH3 is 1. The van der Waals surface area contributed by atoms with E-state index in [0.717, 1.165) is 71.4 Å². The van der Waals surface area contributed by atoms with E-state index in [1.54, 1.807) is 31.8 Å². The first-order valence-electron chi connectivity index (χ1n) is 18.0. The molecule has 50 heavy (non-hydrogen) atoms. The molecule has 260 valence electrons. The highest BCUT2D eigenvalue weighted by molar-refractivity contribution is 7.91. The maximum absolute atomic E-state index is 14.8. The minimum atomic E-state index is -3.71. The smallest absolute Gasteiger partial charge is 0.264 e. The van der Waals surface area contributed by atoms with Crippen LogP contribution in [0.1, 0.15) is 84.7 Å². The normalized spacial score (nSPS) is 23.4. The Hall–Kier alpha value is -4.45. The van der Waals surface area contributed by atoms with E-state index in [-0.39, 0.29) is 11.8 Å². The van der Waals surface area contributed by atoms with Crippen LogP contribution >= 0.6 is 0 Å². The number of rotatable bonds is 7. The summed E-state index contributed by atoms with van der Waals surface area (Å²) in [6.07, 6.45) is 12.7. The highest BCUT2D eigenvalue weighted by Crippen LogP contribution is 2.66. The van der Waals surface area contributed by atoms with Crippen LogP contribution in [0.5, 0.6) is 5.75 Å². The highest BCUT2D eigenvalue weighted by Gasteiger charge is 2.64. The number of hydrogen-bond acceptors (Lipinski definition) is 8. The van der Waals surface area contributed by atoms with Gasteiger partial charge in [0, 0.05) is 73.1 Å². The lowest BCUT2D eigenvalue weighted by atomic mass is 9.81. The average molecular weight is 695 g/mol. The number of carbonyl (C=O) groups excluding carboxylic acids is 2. The molecule has 3 saturated carbocycles. The van der Waals surface area contributed by atoms with Gasteiger partial charge < -0.3 is 19.1 Å². The predicted molar refractivity (Wildman–Crippen MR) is 190 cm³/mol. The van der Waals surface area contributed by atoms with Gasteiger partial charge in [-0.2, -0.15) is 0 Å². The van der Waals surface area contributed by atoms with Gasteiger partial charge in [-0.3, -0.25) is 14.6 Å². The van der Waals surface area contributed by atoms with Gasteiger partial charge in [0.05, 0.1) is 29.7 Å². The van der Waals surface area contributed by atoms with Crippen LogP contribution in [-0.2, 0) is 21.4 Å². The summed E-state index contributed by atoms with van der Waals surface area (Å²) in [5.74, 6) is 1.53. The summed E-state index contributed by atoms with van der Waals surface area (Å²) in [6.45, 7) is 3.05. The molecule has 4 aromatic rings. The van der Waals surface area contributed by atoms with Crippen LogP contribution in [0.3, 0.4) is 0 Å². The second kappa shape index (κ2) is 11.8. The molecular weight excluding hydrogens is 653 g/mol. The number of carbonyl (C=O) groups is 2. The Morgan fingerprint density at radius 2 is 1.76 bits per heavy atom. The van der Waals surface area contributed by atoms with Crippen LogP contribution in [0.25, 0.3) is 22.2 Å². The number of aromatic nitrogens is 3. The molecule has 5 aliphatic rings. The summed E-state index contributed by atoms with van der Waals surface area (Å²) < 4.78 is 35.8. The standard InChI is InChI=1S/C38H42N6O5S/c1-49-26-8-12-28-30(20-26)31-21-38(31,37(46)43-17-15-42(16-18-43)33-22-39-13-14-40-33)23-44-32-19-25(36(45)41-50(47,48)27-9-10-27)7-11-29(32)34(35(28)44)24-5-3-2-4-6-24/h7-8,11-14,19-20,22,24,27,31H,2-6,9-10,15-18,21,23H2,1H3,(H,41,45). The van der Waals surface area contributed by atoms with E-state index < -0.39 is 26.6 Å². The number of nitrogens with one attached hydrogen (secondary N) is 1. The molecule has 4 fully saturated rings. The minimum Gasteiger partial charge on any atom is -0.497 e. The van der Waals surface area contributed by atoms with Crippen LogP contribution in [0.2, 0.25) is 0 Å². The van der Waals surface area contributed by atoms with Crippen LogP contribution in [0.15, 0.2) is 55.0 Å². The maximum Gasteiger partial charge on any atom is 0.264 e. The number of piperazine rings is 1. The Kier molecular flexibility index (Phi) is 7.45. The number of anilines is 1. The Morgan fingerprint density at radius 1 is 0.960 bits per heavy atom. The highest BCUT2D eigenvalue weighted by atomic mass is 32.2. The molecule has 12 heteroatoms. The summed E-state index contributed by atoms with van der Waals surface area (Å²) in [6, 6.07) is 11.9. The Morgan fingerprint density at radius 3 is 2.48 bits per heavy atom. The van der Waals surface area contributed by atoms with Crippen molar-refractivity contribution >= 4 is 38.6 Å². The summed E-state index contributed by atoms with van der Waals surface area (Å²) in [5.41, 5.74) is 5.21. The summed E-state index contributed by atoms with van der Waals surface area (Å²) in [4.78, 5) is 41.2. The monoisotopic (exact) mass is 694 g/mol. The molecule has 9 rings (SSSR count). The van der Waals surface area contributed by atoms with Crippen molar-refractivity contribution in [2.75, 3.05) is 38.2 Å². The van der Waals surface area contributed by atoms with Gasteiger partial charge in [0.25, 0.3) is 5.91 Å². The van der Waals surface area contributed by atoms with Gasteiger partial charge in [0.1, 0.15) is 11.6 Å². The van der Waals surface area contributed by atoms with Gasteiger partial charge in [-0.15, -0.1) is 0 Å². The van der Waals surface area contributed by atoms with Crippen molar-refractivity contribution in [2.24, 2.45) is 5.41 Å². The van der Waals surface area contributed by atoms with Crippen molar-refractivity contribution in [1.82, 2.24) is 24.2 Å². The second-order valence-electron chi connectivity index (χ2n) is 14.8. The number of fused-ring (bicyclic) bond motifs is 7. The molecule has 0 spiro atoms. The van der Waals surface area contributed by atoms with Gasteiger partial charge in [-0.05, 0) is 79.5 Å². The number of nitrogens with zero attached hydrogens (tertiary/aromatic N) is 5. The van der Waals surface area contributed by atoms with Gasteiger partial charge in [-0.25, -0.2) is 18.1 Å². The Labute approximate surface area is 292 Å². The quantitative estimate of drug-likeness (QED) is 0.280. The van der Waals surface area contributed by atoms with Crippen molar-refractivity contribution in [2.45, 2.75) is 75.0 Å². The molecule has 2 unspecified atom stereocenters. The molecular formula is C38H42N6O5S. The van der Waals surface area contributed by atoms with Crippen molar-refractivity contribution < 1.29 is 22.7 Å². The van der Waals surface area contributed by atoms with Gasteiger partial charge in [0.2, 0.25) is 15.9 Å². The predicted octanol–water partition coefficient (Wildman–Crippen LogP) is 5.21. The van der Waals surface area contributed by atoms with Gasteiger partial charge >= 0.3 is 0 Å². The zero-order valence-electron chi connectivity index (χ0n) is 28.3. The molecule has 0 bridgehead atoms. The number of sulfonamides is 1. The third-order valence-electron chi connectivity index (χ3n) is 11.8. The molecule has 0 radical (unpaired) electrons. The molecule has 11 nitrogen and oxygen atoms in total. The lowest BCUT2D eigenvalue weighted by molar-refractivity contribution is -0.138. The van der Waals surface area contributed by atoms with Gasteiger partial charge in [0.15, 0.2) is 0 Å². The Balaban J connectivity index is 1.15. The maximum atomic E-state index is 14.8. The number of benzene rings is 2. The average Bonchev–Trinajstić information content (AvgIpc) is 4.08. The first-order chi connectivity index (χ1) is 24.3. The van der Waals surface area contributed by atoms with E-state index >= 15 is 0 Å². The van der Waals surface area contributed by atoms with Crippen LogP contribution in [-0.4, -0.2) is 78.2 Å². The van der Waals surface area contributed by atoms with E-state index in [0.29, 0.717) is 57.0 Å². The number of amides is 2. The second-order valence-corrected chi connectivity index (χ2v) is 16.8. The first-order valence-corrected chi connectivity index (χ1v) is 19.5. The zero-order chi connectivity index (χ0) is 34.2. The van der Waals surface area contributed by atoms with E-state index in [9.17, 15) is 18.0 Å². The first kappa shape index (κ1) is 31.5. The molecule has 2 amide bonds. The van der Waals surface area contributed by atoms with E-state index in [1.165, 1.54) is 12.0 Å². The van der Waals surface area contributed by atoms with Crippen LogP contribution < -0.4 is 14.4 Å². The van der Waals surface area contributed by atoms with Crippen LogP contribution in [0.4, 0.5) is 5.82 Å². The van der Waals surface area contributed by atoms with Crippen molar-refractivity contribution in [1.29, 1.82) is 0 Å². The van der Waals surface area contributed by atoms with Crippen molar-refractivity contribution in [3.63, 3.8) is 0 Å². The Bertz CT molecular complexity index is 2120. The number of ether oxygens (including phenoxy) is 1. The van der Waals surface area contributed by atoms with Crippen molar-refractivity contribution in [3.05, 3.63) is 71.7 Å². The van der Waals surface area contributed by atoms with Crippen LogP contribution in [0, 0.1) is 5.41 Å². The van der Waals surface area contributed by atoms with E-state index in [1.807, 2.05) is 23.1 Å². The SMILES string of the molecule is COc1ccc2c(c1)C1CC1(C(=O)N1CCN(c3cnccn3)CC1)Cn1c-2c(C2CCCCC2)c2ccc(C(=O)NS(=O)(=O)C3CC3)cc21. The fourth-order valence-electron chi connectivity index (χ4n) is 8.98. The summed E-state index contributed by atoms with van der Waals surface area (Å²) in [7, 11) is -2.02. The summed E-state index contributed by atoms with van der Waals surface area (Å²) >= 11 is 0. The molecule has 2 atom stereocenters. The third kappa shape index (κ3) is 5.17. The van der Waals surface area contributed by atoms with E-state index in [4.69, 9.17) is 4.74 Å². The molecule has 1 saturated heterocycles. The topological polar surface area (TPSA) is 127 Å².